The van der Waals surface area contributed by atoms with Crippen molar-refractivity contribution in [3.8, 4) is 6.07 Å². The minimum atomic E-state index is -0.985. The number of amides is 1. The Balaban J connectivity index is 2.65. The molecule has 0 fully saturated rings. The van der Waals surface area contributed by atoms with Gasteiger partial charge in [-0.15, -0.1) is 0 Å². The fourth-order valence-electron chi connectivity index (χ4n) is 1.41. The van der Waals surface area contributed by atoms with Gasteiger partial charge in [0.1, 0.15) is 6.04 Å². The molecule has 1 aromatic carbocycles. The van der Waals surface area contributed by atoms with Crippen molar-refractivity contribution in [2.24, 2.45) is 5.92 Å². The first-order valence-electron chi connectivity index (χ1n) is 5.57. The van der Waals surface area contributed by atoms with Crippen molar-refractivity contribution < 1.29 is 13.6 Å². The Morgan fingerprint density at radius 3 is 2.56 bits per heavy atom. The van der Waals surface area contributed by atoms with Gasteiger partial charge in [0.2, 0.25) is 5.91 Å². The quantitative estimate of drug-likeness (QED) is 0.892. The van der Waals surface area contributed by atoms with E-state index in [-0.39, 0.29) is 18.2 Å². The molecule has 0 radical (unpaired) electrons. The number of halogens is 2. The molecule has 1 atom stereocenters. The third kappa shape index (κ3) is 3.81. The molecule has 0 aliphatic carbocycles. The first-order valence-corrected chi connectivity index (χ1v) is 5.57. The standard InChI is InChI=1S/C13H14F2N2O/c1-8(2)12(7-16)17-13(18)6-9-3-4-10(14)11(15)5-9/h3-5,8,12H,6H2,1-2H3,(H,17,18). The van der Waals surface area contributed by atoms with Gasteiger partial charge in [0.25, 0.3) is 0 Å². The smallest absolute Gasteiger partial charge is 0.225 e. The lowest BCUT2D eigenvalue weighted by Gasteiger charge is -2.14. The Labute approximate surface area is 104 Å². The molecule has 0 aromatic heterocycles. The van der Waals surface area contributed by atoms with Crippen LogP contribution < -0.4 is 5.32 Å². The number of nitrogens with one attached hydrogen (secondary N) is 1. The van der Waals surface area contributed by atoms with Crippen LogP contribution in [0.2, 0.25) is 0 Å². The van der Waals surface area contributed by atoms with Crippen LogP contribution in [0.25, 0.3) is 0 Å². The molecule has 0 aliphatic heterocycles. The van der Waals surface area contributed by atoms with Gasteiger partial charge in [0.05, 0.1) is 12.5 Å². The zero-order chi connectivity index (χ0) is 13.7. The highest BCUT2D eigenvalue weighted by Gasteiger charge is 2.15. The third-order valence-corrected chi connectivity index (χ3v) is 2.47. The van der Waals surface area contributed by atoms with Gasteiger partial charge in [-0.2, -0.15) is 5.26 Å². The minimum Gasteiger partial charge on any atom is -0.340 e. The van der Waals surface area contributed by atoms with Crippen LogP contribution in [-0.2, 0) is 11.2 Å². The molecule has 1 N–H and O–H groups in total. The molecule has 1 amide bonds. The molecule has 0 saturated carbocycles. The van der Waals surface area contributed by atoms with E-state index in [4.69, 9.17) is 5.26 Å². The highest BCUT2D eigenvalue weighted by Crippen LogP contribution is 2.09. The van der Waals surface area contributed by atoms with Gasteiger partial charge >= 0.3 is 0 Å². The summed E-state index contributed by atoms with van der Waals surface area (Å²) in [5, 5.41) is 11.4. The zero-order valence-electron chi connectivity index (χ0n) is 10.2. The van der Waals surface area contributed by atoms with Crippen molar-refractivity contribution in [1.29, 1.82) is 5.26 Å². The van der Waals surface area contributed by atoms with E-state index in [1.807, 2.05) is 19.9 Å². The van der Waals surface area contributed by atoms with Gasteiger partial charge in [-0.25, -0.2) is 8.78 Å². The minimum absolute atomic E-state index is 0.0103. The van der Waals surface area contributed by atoms with Crippen molar-refractivity contribution in [3.05, 3.63) is 35.4 Å². The molecule has 0 saturated heterocycles. The van der Waals surface area contributed by atoms with Crippen LogP contribution in [0.5, 0.6) is 0 Å². The van der Waals surface area contributed by atoms with E-state index in [9.17, 15) is 13.6 Å². The number of hydrogen-bond donors (Lipinski definition) is 1. The monoisotopic (exact) mass is 252 g/mol. The van der Waals surface area contributed by atoms with E-state index in [0.717, 1.165) is 12.1 Å². The molecule has 0 heterocycles. The number of carbonyl (C=O) groups is 1. The lowest BCUT2D eigenvalue weighted by Crippen LogP contribution is -2.38. The lowest BCUT2D eigenvalue weighted by molar-refractivity contribution is -0.121. The molecular formula is C13H14F2N2O. The second-order valence-electron chi connectivity index (χ2n) is 4.34. The third-order valence-electron chi connectivity index (χ3n) is 2.47. The normalized spacial score (nSPS) is 12.0. The summed E-state index contributed by atoms with van der Waals surface area (Å²) >= 11 is 0. The lowest BCUT2D eigenvalue weighted by atomic mass is 10.1. The highest BCUT2D eigenvalue weighted by molar-refractivity contribution is 5.79. The molecule has 3 nitrogen and oxygen atoms in total. The van der Waals surface area contributed by atoms with Crippen LogP contribution >= 0.6 is 0 Å². The fourth-order valence-corrected chi connectivity index (χ4v) is 1.41. The predicted molar refractivity (Wildman–Crippen MR) is 62.4 cm³/mol. The van der Waals surface area contributed by atoms with E-state index in [1.165, 1.54) is 6.07 Å². The first-order chi connectivity index (χ1) is 8.43. The van der Waals surface area contributed by atoms with Crippen molar-refractivity contribution in [3.63, 3.8) is 0 Å². The fraction of sp³-hybridized carbons (Fsp3) is 0.385. The number of nitrogens with zero attached hydrogens (tertiary/aromatic N) is 1. The average molecular weight is 252 g/mol. The zero-order valence-corrected chi connectivity index (χ0v) is 10.2. The Morgan fingerprint density at radius 1 is 1.39 bits per heavy atom. The molecule has 18 heavy (non-hydrogen) atoms. The average Bonchev–Trinajstić information content (AvgIpc) is 2.30. The van der Waals surface area contributed by atoms with E-state index >= 15 is 0 Å². The molecule has 96 valence electrons. The van der Waals surface area contributed by atoms with Gasteiger partial charge < -0.3 is 5.32 Å². The maximum atomic E-state index is 12.9. The topological polar surface area (TPSA) is 52.9 Å². The molecule has 0 spiro atoms. The van der Waals surface area contributed by atoms with E-state index in [2.05, 4.69) is 5.32 Å². The van der Waals surface area contributed by atoms with Gasteiger partial charge in [0, 0.05) is 0 Å². The molecule has 5 heteroatoms. The van der Waals surface area contributed by atoms with Crippen LogP contribution in [0, 0.1) is 28.9 Å². The highest BCUT2D eigenvalue weighted by atomic mass is 19.2. The Bertz CT molecular complexity index is 480. The second-order valence-corrected chi connectivity index (χ2v) is 4.34. The molecular weight excluding hydrogens is 238 g/mol. The number of rotatable bonds is 4. The maximum Gasteiger partial charge on any atom is 0.225 e. The predicted octanol–water partition coefficient (Wildman–Crippen LogP) is 2.17. The molecule has 0 aliphatic rings. The van der Waals surface area contributed by atoms with Gasteiger partial charge in [-0.05, 0) is 23.6 Å². The van der Waals surface area contributed by atoms with Gasteiger partial charge in [-0.3, -0.25) is 4.79 Å². The van der Waals surface area contributed by atoms with E-state index < -0.39 is 17.7 Å². The Morgan fingerprint density at radius 2 is 2.06 bits per heavy atom. The van der Waals surface area contributed by atoms with Crippen molar-refractivity contribution in [2.45, 2.75) is 26.3 Å². The maximum absolute atomic E-state index is 12.9. The van der Waals surface area contributed by atoms with Crippen molar-refractivity contribution in [1.82, 2.24) is 5.32 Å². The summed E-state index contributed by atoms with van der Waals surface area (Å²) in [5.74, 6) is -2.33. The van der Waals surface area contributed by atoms with Crippen LogP contribution in [0.1, 0.15) is 19.4 Å². The second kappa shape index (κ2) is 6.10. The van der Waals surface area contributed by atoms with Crippen molar-refractivity contribution in [2.75, 3.05) is 0 Å². The van der Waals surface area contributed by atoms with Crippen molar-refractivity contribution >= 4 is 5.91 Å². The Kier molecular flexibility index (Phi) is 4.78. The molecule has 1 aromatic rings. The van der Waals surface area contributed by atoms with Crippen LogP contribution in [0.4, 0.5) is 8.78 Å². The summed E-state index contributed by atoms with van der Waals surface area (Å²) in [6.45, 7) is 3.62. The first kappa shape index (κ1) is 14.1. The summed E-state index contributed by atoms with van der Waals surface area (Å²) < 4.78 is 25.6. The van der Waals surface area contributed by atoms with E-state index in [1.54, 1.807) is 0 Å². The number of carbonyl (C=O) groups excluding carboxylic acids is 1. The van der Waals surface area contributed by atoms with Gasteiger partial charge in [0.15, 0.2) is 11.6 Å². The number of hydrogen-bond acceptors (Lipinski definition) is 2. The number of benzene rings is 1. The summed E-state index contributed by atoms with van der Waals surface area (Å²) in [7, 11) is 0. The summed E-state index contributed by atoms with van der Waals surface area (Å²) in [5.41, 5.74) is 0.367. The summed E-state index contributed by atoms with van der Waals surface area (Å²) in [6.07, 6.45) is -0.0813. The van der Waals surface area contributed by atoms with Gasteiger partial charge in [-0.1, -0.05) is 19.9 Å². The molecule has 0 bridgehead atoms. The molecule has 1 rings (SSSR count). The van der Waals surface area contributed by atoms with E-state index in [0.29, 0.717) is 5.56 Å². The van der Waals surface area contributed by atoms with Crippen LogP contribution in [0.15, 0.2) is 18.2 Å². The number of nitriles is 1. The SMILES string of the molecule is CC(C)C(C#N)NC(=O)Cc1ccc(F)c(F)c1. The largest absolute Gasteiger partial charge is 0.340 e. The Hall–Kier alpha value is -1.96. The van der Waals surface area contributed by atoms with Crippen LogP contribution in [-0.4, -0.2) is 11.9 Å². The summed E-state index contributed by atoms with van der Waals surface area (Å²) in [4.78, 5) is 11.6. The summed E-state index contributed by atoms with van der Waals surface area (Å²) in [6, 6.07) is 4.69. The van der Waals surface area contributed by atoms with Crippen LogP contribution in [0.3, 0.4) is 0 Å². The molecule has 1 unspecified atom stereocenters.